The first-order chi connectivity index (χ1) is 16.1. The smallest absolute Gasteiger partial charge is 0.264 e. The number of benzene rings is 1. The molecule has 0 atom stereocenters. The lowest BCUT2D eigenvalue weighted by atomic mass is 9.93. The maximum Gasteiger partial charge on any atom is 0.264 e. The number of morpholine rings is 1. The summed E-state index contributed by atoms with van der Waals surface area (Å²) >= 11 is 7.91. The van der Waals surface area contributed by atoms with Crippen LogP contribution in [0.25, 0.3) is 10.2 Å². The number of nitrogens with zero attached hydrogens (tertiary/aromatic N) is 4. The molecule has 0 bridgehead atoms. The third kappa shape index (κ3) is 5.11. The van der Waals surface area contributed by atoms with Gasteiger partial charge < -0.3 is 9.64 Å². The van der Waals surface area contributed by atoms with Crippen LogP contribution in [0.4, 0.5) is 0 Å². The summed E-state index contributed by atoms with van der Waals surface area (Å²) in [6, 6.07) is 9.87. The Balaban J connectivity index is 1.21. The van der Waals surface area contributed by atoms with Crippen LogP contribution in [-0.4, -0.2) is 71.4 Å². The Bertz CT molecular complexity index is 1110. The van der Waals surface area contributed by atoms with Gasteiger partial charge in [-0.2, -0.15) is 5.10 Å². The highest BCUT2D eigenvalue weighted by atomic mass is 35.5. The number of hydrogen-bond donors (Lipinski definition) is 0. The average molecular weight is 487 g/mol. The number of piperidine rings is 1. The lowest BCUT2D eigenvalue weighted by Crippen LogP contribution is -2.40. The number of fused-ring (bicyclic) bond motifs is 1. The number of rotatable bonds is 6. The molecule has 0 N–H and O–H groups in total. The number of ether oxygens (including phenoxy) is 1. The molecule has 176 valence electrons. The van der Waals surface area contributed by atoms with Crippen molar-refractivity contribution in [2.45, 2.75) is 32.7 Å². The second kappa shape index (κ2) is 10.1. The molecule has 0 spiro atoms. The summed E-state index contributed by atoms with van der Waals surface area (Å²) in [5, 5.41) is 6.50. The number of hydrogen-bond acceptors (Lipinski definition) is 5. The maximum atomic E-state index is 13.3. The van der Waals surface area contributed by atoms with Crippen molar-refractivity contribution in [2.24, 2.45) is 5.92 Å². The molecule has 3 aromatic rings. The van der Waals surface area contributed by atoms with Crippen LogP contribution < -0.4 is 0 Å². The highest BCUT2D eigenvalue weighted by Gasteiger charge is 2.26. The van der Waals surface area contributed by atoms with E-state index in [1.807, 2.05) is 46.8 Å². The van der Waals surface area contributed by atoms with E-state index in [0.29, 0.717) is 12.5 Å². The van der Waals surface area contributed by atoms with E-state index in [-0.39, 0.29) is 5.91 Å². The zero-order chi connectivity index (χ0) is 22.8. The predicted molar refractivity (Wildman–Crippen MR) is 133 cm³/mol. The highest BCUT2D eigenvalue weighted by Crippen LogP contribution is 2.31. The highest BCUT2D eigenvalue weighted by molar-refractivity contribution is 7.20. The molecule has 0 radical (unpaired) electrons. The van der Waals surface area contributed by atoms with Crippen LogP contribution >= 0.6 is 22.9 Å². The number of aromatic nitrogens is 2. The van der Waals surface area contributed by atoms with Gasteiger partial charge in [-0.15, -0.1) is 11.3 Å². The molecule has 2 aromatic heterocycles. The van der Waals surface area contributed by atoms with Gasteiger partial charge in [0.25, 0.3) is 5.91 Å². The Labute approximate surface area is 204 Å². The Kier molecular flexibility index (Phi) is 7.02. The van der Waals surface area contributed by atoms with Crippen LogP contribution in [-0.2, 0) is 11.3 Å². The number of carbonyl (C=O) groups excluding carboxylic acids is 1. The van der Waals surface area contributed by atoms with Crippen molar-refractivity contribution in [3.05, 3.63) is 51.5 Å². The van der Waals surface area contributed by atoms with Crippen molar-refractivity contribution in [1.82, 2.24) is 19.6 Å². The molecular formula is C25H31ClN4O2S. The number of thiophene rings is 1. The minimum absolute atomic E-state index is 0.159. The first-order valence-corrected chi connectivity index (χ1v) is 13.1. The van der Waals surface area contributed by atoms with Crippen molar-refractivity contribution in [2.75, 3.05) is 45.9 Å². The van der Waals surface area contributed by atoms with Gasteiger partial charge in [-0.3, -0.25) is 14.4 Å². The van der Waals surface area contributed by atoms with Gasteiger partial charge in [0, 0.05) is 36.6 Å². The molecule has 1 aromatic carbocycles. The minimum atomic E-state index is 0.159. The third-order valence-corrected chi connectivity index (χ3v) is 8.46. The van der Waals surface area contributed by atoms with E-state index in [9.17, 15) is 4.79 Å². The van der Waals surface area contributed by atoms with E-state index in [2.05, 4.69) is 4.90 Å². The van der Waals surface area contributed by atoms with Crippen LogP contribution in [0.5, 0.6) is 0 Å². The van der Waals surface area contributed by atoms with Crippen LogP contribution in [0.2, 0.25) is 5.02 Å². The molecular weight excluding hydrogens is 456 g/mol. The molecule has 5 rings (SSSR count). The Morgan fingerprint density at radius 2 is 1.94 bits per heavy atom. The fourth-order valence-electron chi connectivity index (χ4n) is 4.88. The summed E-state index contributed by atoms with van der Waals surface area (Å²) in [6.07, 6.45) is 3.42. The van der Waals surface area contributed by atoms with Crippen LogP contribution in [0.1, 0.15) is 40.2 Å². The SMILES string of the molecule is Cc1nn(Cc2ccccc2Cl)c2sc(C(=O)N3CCC(CCN4CCOCC4)CC3)cc12. The lowest BCUT2D eigenvalue weighted by molar-refractivity contribution is 0.0332. The number of likely N-dealkylation sites (tertiary alicyclic amines) is 1. The van der Waals surface area contributed by atoms with E-state index in [1.54, 1.807) is 11.3 Å². The Hall–Kier alpha value is -1.93. The van der Waals surface area contributed by atoms with E-state index in [1.165, 1.54) is 6.42 Å². The largest absolute Gasteiger partial charge is 0.379 e. The lowest BCUT2D eigenvalue weighted by Gasteiger charge is -2.33. The summed E-state index contributed by atoms with van der Waals surface area (Å²) in [7, 11) is 0. The molecule has 0 saturated carbocycles. The predicted octanol–water partition coefficient (Wildman–Crippen LogP) is 4.68. The number of carbonyl (C=O) groups is 1. The zero-order valence-corrected chi connectivity index (χ0v) is 20.7. The molecule has 2 fully saturated rings. The molecule has 8 heteroatoms. The van der Waals surface area contributed by atoms with E-state index in [4.69, 9.17) is 21.4 Å². The van der Waals surface area contributed by atoms with Gasteiger partial charge in [-0.1, -0.05) is 29.8 Å². The summed E-state index contributed by atoms with van der Waals surface area (Å²) in [5.74, 6) is 0.872. The molecule has 0 aliphatic carbocycles. The van der Waals surface area contributed by atoms with Gasteiger partial charge in [-0.25, -0.2) is 0 Å². The Morgan fingerprint density at radius 3 is 2.70 bits per heavy atom. The van der Waals surface area contributed by atoms with Crippen molar-refractivity contribution in [1.29, 1.82) is 0 Å². The molecule has 2 aliphatic heterocycles. The second-order valence-corrected chi connectivity index (χ2v) is 10.6. The molecule has 6 nitrogen and oxygen atoms in total. The average Bonchev–Trinajstić information content (AvgIpc) is 3.41. The van der Waals surface area contributed by atoms with E-state index < -0.39 is 0 Å². The number of aryl methyl sites for hydroxylation is 1. The van der Waals surface area contributed by atoms with Gasteiger partial charge in [0.2, 0.25) is 0 Å². The number of halogens is 1. The summed E-state index contributed by atoms with van der Waals surface area (Å²) in [5.41, 5.74) is 1.98. The van der Waals surface area contributed by atoms with E-state index >= 15 is 0 Å². The fraction of sp³-hybridized carbons (Fsp3) is 0.520. The van der Waals surface area contributed by atoms with Gasteiger partial charge in [0.15, 0.2) is 0 Å². The van der Waals surface area contributed by atoms with Crippen LogP contribution in [0, 0.1) is 12.8 Å². The maximum absolute atomic E-state index is 13.3. The normalized spacial score (nSPS) is 18.3. The minimum Gasteiger partial charge on any atom is -0.379 e. The van der Waals surface area contributed by atoms with Crippen molar-refractivity contribution < 1.29 is 9.53 Å². The van der Waals surface area contributed by atoms with Crippen molar-refractivity contribution in [3.63, 3.8) is 0 Å². The summed E-state index contributed by atoms with van der Waals surface area (Å²) < 4.78 is 7.42. The third-order valence-electron chi connectivity index (χ3n) is 6.96. The topological polar surface area (TPSA) is 50.6 Å². The molecule has 2 saturated heterocycles. The summed E-state index contributed by atoms with van der Waals surface area (Å²) in [6.45, 7) is 9.29. The molecule has 4 heterocycles. The monoisotopic (exact) mass is 486 g/mol. The van der Waals surface area contributed by atoms with Gasteiger partial charge in [0.05, 0.1) is 30.3 Å². The fourth-order valence-corrected chi connectivity index (χ4v) is 6.21. The standard InChI is InChI=1S/C25H31ClN4O2S/c1-18-21-16-23(33-25(21)30(27-18)17-20-4-2-3-5-22(20)26)24(31)29-10-7-19(8-11-29)6-9-28-12-14-32-15-13-28/h2-5,16,19H,6-15,17H2,1H3. The summed E-state index contributed by atoms with van der Waals surface area (Å²) in [4.78, 5) is 19.7. The molecule has 2 aliphatic rings. The van der Waals surface area contributed by atoms with Gasteiger partial charge in [-0.05, 0) is 56.3 Å². The van der Waals surface area contributed by atoms with Gasteiger partial charge >= 0.3 is 0 Å². The first kappa shape index (κ1) is 22.8. The molecule has 33 heavy (non-hydrogen) atoms. The number of amides is 1. The molecule has 0 unspecified atom stereocenters. The zero-order valence-electron chi connectivity index (χ0n) is 19.1. The van der Waals surface area contributed by atoms with E-state index in [0.717, 1.165) is 90.2 Å². The quantitative estimate of drug-likeness (QED) is 0.507. The first-order valence-electron chi connectivity index (χ1n) is 11.9. The van der Waals surface area contributed by atoms with Gasteiger partial charge in [0.1, 0.15) is 4.83 Å². The second-order valence-electron chi connectivity index (χ2n) is 9.14. The van der Waals surface area contributed by atoms with Crippen molar-refractivity contribution in [3.8, 4) is 0 Å². The van der Waals surface area contributed by atoms with Crippen LogP contribution in [0.3, 0.4) is 0 Å². The van der Waals surface area contributed by atoms with Crippen LogP contribution in [0.15, 0.2) is 30.3 Å². The molecule has 1 amide bonds. The van der Waals surface area contributed by atoms with Crippen molar-refractivity contribution >= 4 is 39.1 Å². The Morgan fingerprint density at radius 1 is 1.18 bits per heavy atom.